The van der Waals surface area contributed by atoms with E-state index in [2.05, 4.69) is 36.2 Å². The van der Waals surface area contributed by atoms with Crippen LogP contribution in [0, 0.1) is 5.41 Å². The van der Waals surface area contributed by atoms with Crippen molar-refractivity contribution in [2.75, 3.05) is 7.11 Å². The molecule has 0 saturated heterocycles. The number of nitrogens with two attached hydrogens (primary N) is 1. The Balaban J connectivity index is 3.13. The number of aromatic nitrogens is 2. The summed E-state index contributed by atoms with van der Waals surface area (Å²) in [5, 5.41) is 0. The zero-order valence-corrected chi connectivity index (χ0v) is 10.3. The lowest BCUT2D eigenvalue weighted by molar-refractivity contribution is 0.224. The van der Waals surface area contributed by atoms with Crippen LogP contribution in [-0.2, 0) is 0 Å². The molecule has 0 aromatic carbocycles. The average molecular weight is 224 g/mol. The number of rotatable bonds is 5. The van der Waals surface area contributed by atoms with E-state index in [0.29, 0.717) is 5.88 Å². The topological polar surface area (TPSA) is 73.1 Å². The van der Waals surface area contributed by atoms with Crippen LogP contribution in [-0.4, -0.2) is 17.1 Å². The second-order valence-corrected chi connectivity index (χ2v) is 4.39. The normalized spacial score (nSPS) is 13.6. The third-order valence-corrected chi connectivity index (χ3v) is 3.02. The highest BCUT2D eigenvalue weighted by molar-refractivity contribution is 5.22. The molecule has 1 heterocycles. The fourth-order valence-electron chi connectivity index (χ4n) is 1.57. The molecule has 0 fully saturated rings. The number of ether oxygens (including phenoxy) is 1. The molecule has 0 radical (unpaired) electrons. The van der Waals surface area contributed by atoms with Crippen molar-refractivity contribution in [2.45, 2.75) is 33.2 Å². The molecule has 1 rings (SSSR count). The lowest BCUT2D eigenvalue weighted by Gasteiger charge is -2.32. The first kappa shape index (κ1) is 12.9. The van der Waals surface area contributed by atoms with E-state index in [1.807, 2.05) is 0 Å². The Morgan fingerprint density at radius 3 is 2.56 bits per heavy atom. The Morgan fingerprint density at radius 2 is 2.06 bits per heavy atom. The molecular formula is C11H20N4O. The van der Waals surface area contributed by atoms with Crippen LogP contribution in [0.25, 0.3) is 0 Å². The average Bonchev–Trinajstić information content (AvgIpc) is 2.30. The summed E-state index contributed by atoms with van der Waals surface area (Å²) in [5.41, 5.74) is 3.54. The second-order valence-electron chi connectivity index (χ2n) is 4.39. The molecule has 0 amide bonds. The summed E-state index contributed by atoms with van der Waals surface area (Å²) >= 11 is 0. The van der Waals surface area contributed by atoms with Crippen LogP contribution in [0.1, 0.15) is 38.9 Å². The van der Waals surface area contributed by atoms with Crippen molar-refractivity contribution >= 4 is 0 Å². The second kappa shape index (κ2) is 5.23. The number of hydrogen-bond acceptors (Lipinski definition) is 5. The van der Waals surface area contributed by atoms with E-state index < -0.39 is 0 Å². The molecule has 0 aliphatic rings. The minimum Gasteiger partial charge on any atom is -0.480 e. The van der Waals surface area contributed by atoms with Crippen molar-refractivity contribution in [1.29, 1.82) is 0 Å². The molecule has 0 bridgehead atoms. The molecule has 0 saturated carbocycles. The van der Waals surface area contributed by atoms with Crippen LogP contribution in [0.3, 0.4) is 0 Å². The number of hydrazine groups is 1. The highest BCUT2D eigenvalue weighted by atomic mass is 16.5. The molecule has 3 N–H and O–H groups in total. The number of nitrogens with zero attached hydrogens (tertiary/aromatic N) is 2. The molecular weight excluding hydrogens is 204 g/mol. The zero-order valence-electron chi connectivity index (χ0n) is 10.3. The molecule has 1 aromatic heterocycles. The van der Waals surface area contributed by atoms with Gasteiger partial charge in [0.05, 0.1) is 13.2 Å². The van der Waals surface area contributed by atoms with Gasteiger partial charge in [0.1, 0.15) is 5.69 Å². The summed E-state index contributed by atoms with van der Waals surface area (Å²) in [5.74, 6) is 6.14. The smallest absolute Gasteiger partial charge is 0.237 e. The summed E-state index contributed by atoms with van der Waals surface area (Å²) in [7, 11) is 1.58. The Bertz CT molecular complexity index is 341. The van der Waals surface area contributed by atoms with Gasteiger partial charge in [-0.1, -0.05) is 20.8 Å². The van der Waals surface area contributed by atoms with Crippen LogP contribution in [0.5, 0.6) is 5.88 Å². The predicted octanol–water partition coefficient (Wildman–Crippen LogP) is 1.43. The Labute approximate surface area is 96.4 Å². The van der Waals surface area contributed by atoms with Gasteiger partial charge in [-0.25, -0.2) is 4.98 Å². The van der Waals surface area contributed by atoms with Gasteiger partial charge >= 0.3 is 0 Å². The number of hydrogen-bond donors (Lipinski definition) is 2. The molecule has 1 atom stereocenters. The standard InChI is InChI=1S/C11H20N4O/c1-5-11(2,3)9(15-12)8-10(16-4)14-7-6-13-8/h6-7,9,15H,5,12H2,1-4H3. The van der Waals surface area contributed by atoms with Crippen LogP contribution < -0.4 is 16.0 Å². The summed E-state index contributed by atoms with van der Waals surface area (Å²) < 4.78 is 5.20. The van der Waals surface area contributed by atoms with E-state index in [1.54, 1.807) is 19.5 Å². The van der Waals surface area contributed by atoms with Gasteiger partial charge in [0.2, 0.25) is 5.88 Å². The maximum Gasteiger partial charge on any atom is 0.237 e. The maximum absolute atomic E-state index is 5.62. The molecule has 0 aliphatic carbocycles. The number of nitrogens with one attached hydrogen (secondary N) is 1. The Hall–Kier alpha value is -1.20. The highest BCUT2D eigenvalue weighted by Crippen LogP contribution is 2.37. The molecule has 1 unspecified atom stereocenters. The molecule has 90 valence electrons. The van der Waals surface area contributed by atoms with Crippen molar-refractivity contribution in [3.05, 3.63) is 18.1 Å². The quantitative estimate of drug-likeness (QED) is 0.584. The predicted molar refractivity (Wildman–Crippen MR) is 62.7 cm³/mol. The fraction of sp³-hybridized carbons (Fsp3) is 0.636. The first-order chi connectivity index (χ1) is 7.56. The minimum atomic E-state index is -0.0823. The first-order valence-corrected chi connectivity index (χ1v) is 5.37. The lowest BCUT2D eigenvalue weighted by atomic mass is 9.80. The van der Waals surface area contributed by atoms with E-state index in [0.717, 1.165) is 12.1 Å². The molecule has 0 aliphatic heterocycles. The molecule has 5 heteroatoms. The minimum absolute atomic E-state index is 0.0158. The van der Waals surface area contributed by atoms with Gasteiger partial charge in [-0.3, -0.25) is 16.3 Å². The lowest BCUT2D eigenvalue weighted by Crippen LogP contribution is -2.39. The molecule has 1 aromatic rings. The maximum atomic E-state index is 5.62. The zero-order chi connectivity index (χ0) is 12.2. The van der Waals surface area contributed by atoms with Crippen LogP contribution in [0.4, 0.5) is 0 Å². The molecule has 0 spiro atoms. The van der Waals surface area contributed by atoms with Gasteiger partial charge in [-0.15, -0.1) is 0 Å². The Kier molecular flexibility index (Phi) is 4.20. The SMILES string of the molecule is CCC(C)(C)C(NN)c1nccnc1OC. The third kappa shape index (κ3) is 2.48. The summed E-state index contributed by atoms with van der Waals surface area (Å²) in [6, 6.07) is -0.0823. The van der Waals surface area contributed by atoms with Crippen LogP contribution in [0.15, 0.2) is 12.4 Å². The van der Waals surface area contributed by atoms with E-state index >= 15 is 0 Å². The van der Waals surface area contributed by atoms with Gasteiger partial charge in [-0.2, -0.15) is 0 Å². The van der Waals surface area contributed by atoms with E-state index in [-0.39, 0.29) is 11.5 Å². The Morgan fingerprint density at radius 1 is 1.44 bits per heavy atom. The van der Waals surface area contributed by atoms with Crippen molar-refractivity contribution in [1.82, 2.24) is 15.4 Å². The van der Waals surface area contributed by atoms with Gasteiger partial charge < -0.3 is 4.74 Å². The first-order valence-electron chi connectivity index (χ1n) is 5.37. The summed E-state index contributed by atoms with van der Waals surface area (Å²) in [6.45, 7) is 6.38. The van der Waals surface area contributed by atoms with Crippen molar-refractivity contribution < 1.29 is 4.74 Å². The number of methoxy groups -OCH3 is 1. The fourth-order valence-corrected chi connectivity index (χ4v) is 1.57. The van der Waals surface area contributed by atoms with E-state index in [4.69, 9.17) is 10.6 Å². The third-order valence-electron chi connectivity index (χ3n) is 3.02. The van der Waals surface area contributed by atoms with Gasteiger partial charge in [0.25, 0.3) is 0 Å². The van der Waals surface area contributed by atoms with Crippen LogP contribution in [0.2, 0.25) is 0 Å². The van der Waals surface area contributed by atoms with Crippen molar-refractivity contribution in [3.63, 3.8) is 0 Å². The van der Waals surface area contributed by atoms with Crippen molar-refractivity contribution in [3.8, 4) is 5.88 Å². The van der Waals surface area contributed by atoms with Crippen molar-refractivity contribution in [2.24, 2.45) is 11.3 Å². The van der Waals surface area contributed by atoms with Gasteiger partial charge in [0, 0.05) is 12.4 Å². The molecule has 16 heavy (non-hydrogen) atoms. The monoisotopic (exact) mass is 224 g/mol. The summed E-state index contributed by atoms with van der Waals surface area (Å²) in [6.07, 6.45) is 4.23. The molecule has 5 nitrogen and oxygen atoms in total. The van der Waals surface area contributed by atoms with Gasteiger partial charge in [0.15, 0.2) is 0 Å². The van der Waals surface area contributed by atoms with E-state index in [1.165, 1.54) is 0 Å². The largest absolute Gasteiger partial charge is 0.480 e. The van der Waals surface area contributed by atoms with Gasteiger partial charge in [-0.05, 0) is 11.8 Å². The van der Waals surface area contributed by atoms with Crippen LogP contribution >= 0.6 is 0 Å². The highest BCUT2D eigenvalue weighted by Gasteiger charge is 2.32. The summed E-state index contributed by atoms with van der Waals surface area (Å²) in [4.78, 5) is 8.44. The van der Waals surface area contributed by atoms with E-state index in [9.17, 15) is 0 Å².